The van der Waals surface area contributed by atoms with Crippen molar-refractivity contribution >= 4 is 8.32 Å². The molecule has 0 aliphatic rings. The number of rotatable bonds is 6. The maximum Gasteiger partial charge on any atom is 0.192 e. The van der Waals surface area contributed by atoms with Gasteiger partial charge < -0.3 is 9.53 Å². The largest absolute Gasteiger partial charge is 0.416 e. The van der Waals surface area contributed by atoms with Crippen molar-refractivity contribution in [2.45, 2.75) is 59.7 Å². The third-order valence-electron chi connectivity index (χ3n) is 3.78. The van der Waals surface area contributed by atoms with Crippen LogP contribution in [0.4, 0.5) is 0 Å². The minimum atomic E-state index is -1.64. The average Bonchev–Trinajstić information content (AvgIpc) is 2.24. The van der Waals surface area contributed by atoms with E-state index in [2.05, 4.69) is 53.8 Å². The van der Waals surface area contributed by atoms with Crippen LogP contribution < -0.4 is 0 Å². The SMILES string of the molecule is CC(=C/[C@@H](C)CO[Si](C)(C)C(C)(C)C)/C=C(/C)CO. The van der Waals surface area contributed by atoms with Gasteiger partial charge in [-0.15, -0.1) is 0 Å². The number of hydrogen-bond donors (Lipinski definition) is 1. The van der Waals surface area contributed by atoms with Gasteiger partial charge in [-0.2, -0.15) is 0 Å². The molecule has 0 bridgehead atoms. The lowest BCUT2D eigenvalue weighted by Crippen LogP contribution is -2.41. The Morgan fingerprint density at radius 3 is 2.21 bits per heavy atom. The Morgan fingerprint density at radius 1 is 1.26 bits per heavy atom. The van der Waals surface area contributed by atoms with Crippen molar-refractivity contribution in [1.82, 2.24) is 0 Å². The summed E-state index contributed by atoms with van der Waals surface area (Å²) in [5, 5.41) is 9.27. The molecule has 0 rings (SSSR count). The smallest absolute Gasteiger partial charge is 0.192 e. The van der Waals surface area contributed by atoms with Crippen LogP contribution in [-0.2, 0) is 4.43 Å². The minimum Gasteiger partial charge on any atom is -0.416 e. The van der Waals surface area contributed by atoms with E-state index in [9.17, 15) is 0 Å². The van der Waals surface area contributed by atoms with Crippen molar-refractivity contribution in [2.75, 3.05) is 13.2 Å². The summed E-state index contributed by atoms with van der Waals surface area (Å²) in [6, 6.07) is 0. The van der Waals surface area contributed by atoms with Gasteiger partial charge in [0.15, 0.2) is 8.32 Å². The van der Waals surface area contributed by atoms with Gasteiger partial charge in [-0.05, 0) is 43.5 Å². The first-order valence-electron chi connectivity index (χ1n) is 7.10. The molecule has 0 aliphatic carbocycles. The highest BCUT2D eigenvalue weighted by Crippen LogP contribution is 2.36. The molecular formula is C16H32O2Si. The van der Waals surface area contributed by atoms with Crippen LogP contribution in [0.1, 0.15) is 41.5 Å². The predicted octanol–water partition coefficient (Wildman–Crippen LogP) is 4.53. The van der Waals surface area contributed by atoms with E-state index in [1.165, 1.54) is 5.57 Å². The van der Waals surface area contributed by atoms with Gasteiger partial charge in [-0.25, -0.2) is 0 Å². The fraction of sp³-hybridized carbons (Fsp3) is 0.750. The van der Waals surface area contributed by atoms with Crippen molar-refractivity contribution < 1.29 is 9.53 Å². The molecule has 19 heavy (non-hydrogen) atoms. The monoisotopic (exact) mass is 284 g/mol. The molecule has 112 valence electrons. The molecule has 0 heterocycles. The Hall–Kier alpha value is -0.383. The van der Waals surface area contributed by atoms with Gasteiger partial charge in [-0.1, -0.05) is 45.4 Å². The molecule has 0 saturated heterocycles. The highest BCUT2D eigenvalue weighted by Gasteiger charge is 2.37. The van der Waals surface area contributed by atoms with Gasteiger partial charge >= 0.3 is 0 Å². The molecule has 0 aromatic heterocycles. The molecule has 0 amide bonds. The van der Waals surface area contributed by atoms with E-state index < -0.39 is 8.32 Å². The summed E-state index contributed by atoms with van der Waals surface area (Å²) in [6.45, 7) is 18.4. The molecule has 0 fully saturated rings. The zero-order valence-corrected chi connectivity index (χ0v) is 15.0. The van der Waals surface area contributed by atoms with Gasteiger partial charge in [0.2, 0.25) is 0 Å². The van der Waals surface area contributed by atoms with Crippen molar-refractivity contribution in [3.8, 4) is 0 Å². The van der Waals surface area contributed by atoms with E-state index in [1.54, 1.807) is 0 Å². The van der Waals surface area contributed by atoms with Crippen LogP contribution >= 0.6 is 0 Å². The minimum absolute atomic E-state index is 0.125. The highest BCUT2D eigenvalue weighted by atomic mass is 28.4. The van der Waals surface area contributed by atoms with Gasteiger partial charge in [0.25, 0.3) is 0 Å². The Bertz CT molecular complexity index is 335. The van der Waals surface area contributed by atoms with Crippen LogP contribution in [0.2, 0.25) is 18.1 Å². The van der Waals surface area contributed by atoms with E-state index in [4.69, 9.17) is 9.53 Å². The fourth-order valence-electron chi connectivity index (χ4n) is 1.54. The van der Waals surface area contributed by atoms with E-state index in [0.717, 1.165) is 12.2 Å². The summed E-state index contributed by atoms with van der Waals surface area (Å²) in [6.07, 6.45) is 4.25. The molecule has 0 saturated carbocycles. The molecule has 1 N–H and O–H groups in total. The van der Waals surface area contributed by atoms with Gasteiger partial charge in [0, 0.05) is 6.61 Å². The lowest BCUT2D eigenvalue weighted by Gasteiger charge is -2.36. The molecule has 0 aromatic carbocycles. The molecule has 2 nitrogen and oxygen atoms in total. The fourth-order valence-corrected chi connectivity index (χ4v) is 2.65. The summed E-state index contributed by atoms with van der Waals surface area (Å²) < 4.78 is 6.21. The summed E-state index contributed by atoms with van der Waals surface area (Å²) in [7, 11) is -1.64. The standard InChI is InChI=1S/C16H32O2Si/c1-13(9-14(2)11-17)10-15(3)12-18-19(7,8)16(4,5)6/h9-10,15,17H,11-12H2,1-8H3/b13-10-,14-9-/t15-/m1/s1. The zero-order chi connectivity index (χ0) is 15.3. The Kier molecular flexibility index (Phi) is 7.26. The third-order valence-corrected chi connectivity index (χ3v) is 8.28. The molecule has 0 aromatic rings. The summed E-state index contributed by atoms with van der Waals surface area (Å²) in [5.74, 6) is 0.400. The molecule has 3 heteroatoms. The topological polar surface area (TPSA) is 29.5 Å². The molecule has 0 aliphatic heterocycles. The van der Waals surface area contributed by atoms with Crippen molar-refractivity contribution in [3.63, 3.8) is 0 Å². The first kappa shape index (κ1) is 18.6. The zero-order valence-electron chi connectivity index (χ0n) is 14.0. The first-order valence-corrected chi connectivity index (χ1v) is 10.0. The van der Waals surface area contributed by atoms with Gasteiger partial charge in [0.05, 0.1) is 6.61 Å². The van der Waals surface area contributed by atoms with Crippen LogP contribution in [0, 0.1) is 5.92 Å². The Labute approximate surface area is 120 Å². The maximum atomic E-state index is 9.00. The number of aliphatic hydroxyl groups is 1. The van der Waals surface area contributed by atoms with E-state index >= 15 is 0 Å². The quantitative estimate of drug-likeness (QED) is 0.573. The molecule has 1 atom stereocenters. The van der Waals surface area contributed by atoms with Crippen LogP contribution in [0.3, 0.4) is 0 Å². The first-order chi connectivity index (χ1) is 8.49. The van der Waals surface area contributed by atoms with Crippen LogP contribution in [0.15, 0.2) is 23.3 Å². The molecule has 0 spiro atoms. The Balaban J connectivity index is 4.49. The molecular weight excluding hydrogens is 252 g/mol. The van der Waals surface area contributed by atoms with Crippen molar-refractivity contribution in [2.24, 2.45) is 5.92 Å². The van der Waals surface area contributed by atoms with Crippen LogP contribution in [-0.4, -0.2) is 26.6 Å². The number of aliphatic hydroxyl groups excluding tert-OH is 1. The number of hydrogen-bond acceptors (Lipinski definition) is 2. The normalized spacial score (nSPS) is 16.7. The lowest BCUT2D eigenvalue weighted by molar-refractivity contribution is 0.259. The molecule has 0 unspecified atom stereocenters. The summed E-state index contributed by atoms with van der Waals surface area (Å²) in [4.78, 5) is 0. The van der Waals surface area contributed by atoms with Crippen LogP contribution in [0.25, 0.3) is 0 Å². The third kappa shape index (κ3) is 7.09. The van der Waals surface area contributed by atoms with Gasteiger partial charge in [-0.3, -0.25) is 0 Å². The number of allylic oxidation sites excluding steroid dienone is 2. The van der Waals surface area contributed by atoms with Crippen LogP contribution in [0.5, 0.6) is 0 Å². The van der Waals surface area contributed by atoms with Crippen molar-refractivity contribution in [1.29, 1.82) is 0 Å². The second-order valence-corrected chi connectivity index (χ2v) is 11.9. The summed E-state index contributed by atoms with van der Waals surface area (Å²) in [5.41, 5.74) is 2.18. The van der Waals surface area contributed by atoms with E-state index in [1.807, 2.05) is 13.0 Å². The molecule has 0 radical (unpaired) electrons. The van der Waals surface area contributed by atoms with E-state index in [0.29, 0.717) is 5.92 Å². The van der Waals surface area contributed by atoms with E-state index in [-0.39, 0.29) is 11.6 Å². The second-order valence-electron chi connectivity index (χ2n) is 7.11. The lowest BCUT2D eigenvalue weighted by atomic mass is 10.1. The van der Waals surface area contributed by atoms with Gasteiger partial charge in [0.1, 0.15) is 0 Å². The van der Waals surface area contributed by atoms with Crippen molar-refractivity contribution in [3.05, 3.63) is 23.3 Å². The summed E-state index contributed by atoms with van der Waals surface area (Å²) >= 11 is 0. The predicted molar refractivity (Wildman–Crippen MR) is 86.9 cm³/mol. The average molecular weight is 285 g/mol. The second kappa shape index (κ2) is 7.41. The maximum absolute atomic E-state index is 9.00. The highest BCUT2D eigenvalue weighted by molar-refractivity contribution is 6.74. The Morgan fingerprint density at radius 2 is 1.79 bits per heavy atom.